The Labute approximate surface area is 124 Å². The van der Waals surface area contributed by atoms with Gasteiger partial charge in [0, 0.05) is 0 Å². The number of carbonyl (C=O) groups is 1. The van der Waals surface area contributed by atoms with Crippen LogP contribution in [0.15, 0.2) is 53.6 Å². The molecule has 5 nitrogen and oxygen atoms in total. The monoisotopic (exact) mass is 282 g/mol. The molecular formula is C16H18N4O. The lowest BCUT2D eigenvalue weighted by molar-refractivity contribution is -0.107. The molecule has 0 aromatic heterocycles. The average Bonchev–Trinajstić information content (AvgIpc) is 2.50. The number of rotatable bonds is 6. The van der Waals surface area contributed by atoms with Gasteiger partial charge in [-0.1, -0.05) is 35.4 Å². The lowest BCUT2D eigenvalue weighted by atomic mass is 10.2. The molecule has 0 unspecified atom stereocenters. The van der Waals surface area contributed by atoms with Crippen molar-refractivity contribution in [3.05, 3.63) is 59.7 Å². The van der Waals surface area contributed by atoms with Crippen LogP contribution >= 0.6 is 0 Å². The maximum atomic E-state index is 11.1. The van der Waals surface area contributed by atoms with E-state index < -0.39 is 0 Å². The van der Waals surface area contributed by atoms with Crippen molar-refractivity contribution in [2.75, 3.05) is 10.4 Å². The molecule has 0 fully saturated rings. The van der Waals surface area contributed by atoms with E-state index >= 15 is 0 Å². The van der Waals surface area contributed by atoms with Crippen LogP contribution in [0.25, 0.3) is 0 Å². The van der Waals surface area contributed by atoms with Crippen LogP contribution in [0.4, 0.5) is 11.4 Å². The van der Waals surface area contributed by atoms with Crippen molar-refractivity contribution in [1.29, 1.82) is 0 Å². The number of hydrogen-bond acceptors (Lipinski definition) is 3. The number of nitrogens with zero attached hydrogens (tertiary/aromatic N) is 2. The van der Waals surface area contributed by atoms with Gasteiger partial charge in [0.05, 0.1) is 11.4 Å². The quantitative estimate of drug-likeness (QED) is 0.371. The molecule has 1 amide bonds. The van der Waals surface area contributed by atoms with Gasteiger partial charge in [-0.05, 0) is 38.1 Å². The van der Waals surface area contributed by atoms with E-state index in [-0.39, 0.29) is 0 Å². The highest BCUT2D eigenvalue weighted by Crippen LogP contribution is 2.11. The molecule has 0 aliphatic carbocycles. The molecule has 2 N–H and O–H groups in total. The molecule has 21 heavy (non-hydrogen) atoms. The molecule has 5 heteroatoms. The minimum Gasteiger partial charge on any atom is -0.279 e. The van der Waals surface area contributed by atoms with Crippen LogP contribution in [0.3, 0.4) is 0 Å². The molecule has 0 heterocycles. The zero-order valence-corrected chi connectivity index (χ0v) is 12.1. The van der Waals surface area contributed by atoms with Gasteiger partial charge in [-0.25, -0.2) is 5.01 Å². The summed E-state index contributed by atoms with van der Waals surface area (Å²) in [6.45, 7) is 4.02. The third-order valence-corrected chi connectivity index (χ3v) is 2.92. The fourth-order valence-corrected chi connectivity index (χ4v) is 1.70. The normalized spacial score (nSPS) is 10.4. The number of hydrazine groups is 1. The molecule has 0 bridgehead atoms. The maximum absolute atomic E-state index is 11.1. The average molecular weight is 282 g/mol. The first-order valence-electron chi connectivity index (χ1n) is 6.60. The van der Waals surface area contributed by atoms with E-state index in [2.05, 4.69) is 16.0 Å². The fraction of sp³-hybridized carbons (Fsp3) is 0.125. The van der Waals surface area contributed by atoms with Crippen molar-refractivity contribution in [1.82, 2.24) is 5.43 Å². The minimum absolute atomic E-state index is 0.697. The van der Waals surface area contributed by atoms with Gasteiger partial charge in [0.1, 0.15) is 6.34 Å². The van der Waals surface area contributed by atoms with Crippen molar-refractivity contribution < 1.29 is 4.79 Å². The summed E-state index contributed by atoms with van der Waals surface area (Å²) < 4.78 is 0. The summed E-state index contributed by atoms with van der Waals surface area (Å²) in [6, 6.07) is 15.5. The number of carbonyl (C=O) groups excluding carboxylic acids is 1. The Morgan fingerprint density at radius 3 is 2.10 bits per heavy atom. The van der Waals surface area contributed by atoms with E-state index in [9.17, 15) is 4.79 Å². The van der Waals surface area contributed by atoms with Gasteiger partial charge < -0.3 is 0 Å². The van der Waals surface area contributed by atoms with Gasteiger partial charge in [0.25, 0.3) is 0 Å². The van der Waals surface area contributed by atoms with E-state index in [0.29, 0.717) is 6.41 Å². The maximum Gasteiger partial charge on any atom is 0.232 e. The zero-order valence-electron chi connectivity index (χ0n) is 12.1. The zero-order chi connectivity index (χ0) is 15.1. The Morgan fingerprint density at radius 2 is 1.52 bits per heavy atom. The SMILES string of the molecule is Cc1ccc(NN=CNN(C=O)c2ccc(C)cc2)cc1. The van der Waals surface area contributed by atoms with Crippen LogP contribution in [0.1, 0.15) is 11.1 Å². The molecule has 0 atom stereocenters. The van der Waals surface area contributed by atoms with E-state index in [1.807, 2.05) is 62.4 Å². The second kappa shape index (κ2) is 7.09. The van der Waals surface area contributed by atoms with Crippen LogP contribution in [-0.4, -0.2) is 12.7 Å². The highest BCUT2D eigenvalue weighted by molar-refractivity contribution is 5.78. The highest BCUT2D eigenvalue weighted by atomic mass is 16.1. The predicted molar refractivity (Wildman–Crippen MR) is 86.2 cm³/mol. The molecule has 108 valence electrons. The second-order valence-corrected chi connectivity index (χ2v) is 4.68. The predicted octanol–water partition coefficient (Wildman–Crippen LogP) is 2.83. The highest BCUT2D eigenvalue weighted by Gasteiger charge is 2.01. The molecule has 0 aliphatic heterocycles. The molecule has 0 saturated heterocycles. The number of nitrogens with one attached hydrogen (secondary N) is 2. The smallest absolute Gasteiger partial charge is 0.232 e. The van der Waals surface area contributed by atoms with E-state index in [0.717, 1.165) is 16.9 Å². The van der Waals surface area contributed by atoms with Crippen LogP contribution in [0.2, 0.25) is 0 Å². The molecule has 0 aliphatic rings. The van der Waals surface area contributed by atoms with Gasteiger partial charge in [-0.3, -0.25) is 15.6 Å². The van der Waals surface area contributed by atoms with Gasteiger partial charge in [-0.2, -0.15) is 5.10 Å². The summed E-state index contributed by atoms with van der Waals surface area (Å²) in [7, 11) is 0. The Kier molecular flexibility index (Phi) is 4.93. The largest absolute Gasteiger partial charge is 0.279 e. The summed E-state index contributed by atoms with van der Waals surface area (Å²) in [5, 5.41) is 5.36. The van der Waals surface area contributed by atoms with Crippen LogP contribution in [0.5, 0.6) is 0 Å². The standard InChI is InChI=1S/C16H18N4O/c1-13-3-7-15(8-4-13)19-17-11-18-20(12-21)16-9-5-14(2)6-10-16/h3-12,19H,1-2H3,(H,17,18). The van der Waals surface area contributed by atoms with Gasteiger partial charge in [0.15, 0.2) is 0 Å². The summed E-state index contributed by atoms with van der Waals surface area (Å²) in [6.07, 6.45) is 2.12. The Morgan fingerprint density at radius 1 is 0.952 bits per heavy atom. The van der Waals surface area contributed by atoms with E-state index in [4.69, 9.17) is 0 Å². The number of hydrogen-bond donors (Lipinski definition) is 2. The van der Waals surface area contributed by atoms with Crippen molar-refractivity contribution >= 4 is 24.1 Å². The van der Waals surface area contributed by atoms with Crippen molar-refractivity contribution in [2.45, 2.75) is 13.8 Å². The summed E-state index contributed by atoms with van der Waals surface area (Å²) >= 11 is 0. The van der Waals surface area contributed by atoms with Gasteiger partial charge >= 0.3 is 0 Å². The van der Waals surface area contributed by atoms with Crippen LogP contribution < -0.4 is 15.9 Å². The van der Waals surface area contributed by atoms with Crippen LogP contribution in [-0.2, 0) is 4.79 Å². The van der Waals surface area contributed by atoms with Crippen molar-refractivity contribution in [3.63, 3.8) is 0 Å². The fourth-order valence-electron chi connectivity index (χ4n) is 1.70. The van der Waals surface area contributed by atoms with Crippen molar-refractivity contribution in [2.24, 2.45) is 5.10 Å². The Balaban J connectivity index is 1.90. The lowest BCUT2D eigenvalue weighted by Crippen LogP contribution is -2.36. The van der Waals surface area contributed by atoms with Crippen molar-refractivity contribution in [3.8, 4) is 0 Å². The molecule has 2 aromatic carbocycles. The van der Waals surface area contributed by atoms with E-state index in [1.165, 1.54) is 16.9 Å². The van der Waals surface area contributed by atoms with Crippen LogP contribution in [0, 0.1) is 13.8 Å². The third kappa shape index (κ3) is 4.35. The Hall–Kier alpha value is -2.82. The summed E-state index contributed by atoms with van der Waals surface area (Å²) in [5.41, 5.74) is 9.63. The number of hydrazone groups is 1. The summed E-state index contributed by atoms with van der Waals surface area (Å²) in [5.74, 6) is 0. The van der Waals surface area contributed by atoms with Gasteiger partial charge in [0.2, 0.25) is 6.41 Å². The molecule has 2 rings (SSSR count). The molecule has 0 radical (unpaired) electrons. The first-order chi connectivity index (χ1) is 10.2. The number of anilines is 2. The summed E-state index contributed by atoms with van der Waals surface area (Å²) in [4.78, 5) is 11.1. The first-order valence-corrected chi connectivity index (χ1v) is 6.60. The number of benzene rings is 2. The third-order valence-electron chi connectivity index (χ3n) is 2.92. The van der Waals surface area contributed by atoms with E-state index in [1.54, 1.807) is 0 Å². The lowest BCUT2D eigenvalue weighted by Gasteiger charge is -2.16. The first kappa shape index (κ1) is 14.6. The molecule has 2 aromatic rings. The van der Waals surface area contributed by atoms with Gasteiger partial charge in [-0.15, -0.1) is 0 Å². The minimum atomic E-state index is 0.697. The molecule has 0 spiro atoms. The molecule has 0 saturated carbocycles. The topological polar surface area (TPSA) is 56.7 Å². The number of aryl methyl sites for hydroxylation is 2. The molecular weight excluding hydrogens is 264 g/mol. The Bertz CT molecular complexity index is 605. The second-order valence-electron chi connectivity index (χ2n) is 4.68. The number of amides is 1.